The van der Waals surface area contributed by atoms with Crippen LogP contribution < -0.4 is 16.0 Å². The van der Waals surface area contributed by atoms with E-state index < -0.39 is 75.7 Å². The first-order valence-corrected chi connectivity index (χ1v) is 12.7. The van der Waals surface area contributed by atoms with Crippen molar-refractivity contribution in [3.8, 4) is 0 Å². The molecule has 1 aliphatic rings. The molecule has 7 N–H and O–H groups in total. The summed E-state index contributed by atoms with van der Waals surface area (Å²) in [7, 11) is -3.19. The number of nitrogens with one attached hydrogen (secondary N) is 3. The number of phosphoric ester groups is 1. The molecule has 0 aromatic heterocycles. The summed E-state index contributed by atoms with van der Waals surface area (Å²) in [6.45, 7) is 1.77. The number of amides is 3. The molecule has 1 saturated heterocycles. The van der Waals surface area contributed by atoms with E-state index >= 15 is 0 Å². The Hall–Kier alpha value is -1.88. The molecule has 0 aromatic rings. The van der Waals surface area contributed by atoms with Crippen molar-refractivity contribution < 1.29 is 62.4 Å². The van der Waals surface area contributed by atoms with Gasteiger partial charge in [-0.25, -0.2) is 9.36 Å². The van der Waals surface area contributed by atoms with Crippen LogP contribution in [0.3, 0.4) is 0 Å². The Balaban J connectivity index is 2.32. The van der Waals surface area contributed by atoms with Crippen molar-refractivity contribution in [1.82, 2.24) is 16.0 Å². The number of aliphatic hydroxyl groups excluding tert-OH is 3. The molecule has 1 rings (SSSR count). The second-order valence-corrected chi connectivity index (χ2v) is 9.27. The van der Waals surface area contributed by atoms with E-state index in [0.717, 1.165) is 7.11 Å². The van der Waals surface area contributed by atoms with Crippen LogP contribution in [0.5, 0.6) is 0 Å². The first-order chi connectivity index (χ1) is 16.9. The fraction of sp³-hybridized carbons (Fsp3) is 0.842. The molecule has 1 aliphatic heterocycles. The van der Waals surface area contributed by atoms with E-state index in [0.29, 0.717) is 12.8 Å². The van der Waals surface area contributed by atoms with Crippen LogP contribution in [-0.4, -0.2) is 115 Å². The molecule has 1 fully saturated rings. The Morgan fingerprint density at radius 1 is 1.14 bits per heavy atom. The zero-order valence-electron chi connectivity index (χ0n) is 20.3. The maximum Gasteiger partial charge on any atom is 0.472 e. The number of carbonyl (C=O) groups is 3. The van der Waals surface area contributed by atoms with Gasteiger partial charge in [0, 0.05) is 27.1 Å². The van der Waals surface area contributed by atoms with E-state index in [1.165, 1.54) is 6.92 Å². The van der Waals surface area contributed by atoms with Crippen molar-refractivity contribution in [2.45, 2.75) is 63.4 Å². The van der Waals surface area contributed by atoms with Crippen LogP contribution >= 0.6 is 7.82 Å². The minimum absolute atomic E-state index is 0.146. The molecule has 36 heavy (non-hydrogen) atoms. The van der Waals surface area contributed by atoms with Crippen LogP contribution in [0.2, 0.25) is 0 Å². The summed E-state index contributed by atoms with van der Waals surface area (Å²) in [6, 6.07) is -1.17. The van der Waals surface area contributed by atoms with Gasteiger partial charge in [-0.05, 0) is 12.8 Å². The van der Waals surface area contributed by atoms with E-state index in [1.807, 2.05) is 0 Å². The van der Waals surface area contributed by atoms with Crippen molar-refractivity contribution in [1.29, 1.82) is 0 Å². The van der Waals surface area contributed by atoms with Crippen molar-refractivity contribution >= 4 is 25.7 Å². The summed E-state index contributed by atoms with van der Waals surface area (Å²) < 4.78 is 36.1. The average Bonchev–Trinajstić information content (AvgIpc) is 2.83. The van der Waals surface area contributed by atoms with Crippen molar-refractivity contribution in [2.75, 3.05) is 40.0 Å². The molecule has 0 aromatic carbocycles. The van der Waals surface area contributed by atoms with Gasteiger partial charge in [0.15, 0.2) is 6.29 Å². The first kappa shape index (κ1) is 32.1. The molecule has 16 nitrogen and oxygen atoms in total. The minimum Gasteiger partial charge on any atom is -0.447 e. The van der Waals surface area contributed by atoms with Gasteiger partial charge in [-0.1, -0.05) is 6.92 Å². The van der Waals surface area contributed by atoms with Gasteiger partial charge >= 0.3 is 13.9 Å². The summed E-state index contributed by atoms with van der Waals surface area (Å²) in [5.74, 6) is -1.08. The second kappa shape index (κ2) is 16.1. The number of carbonyl (C=O) groups excluding carboxylic acids is 3. The fourth-order valence-corrected chi connectivity index (χ4v) is 3.68. The SMILES string of the molecule is CC[C@H](COC(=O)NCCCNC(=O)CO[C@@H]1O[C@H](CO)[C@H](O)[C@H](O)[C@H]1NC(C)=O)OP(=O)(O)OC. The first-order valence-electron chi connectivity index (χ1n) is 11.2. The predicted octanol–water partition coefficient (Wildman–Crippen LogP) is -2.28. The number of alkyl carbamates (subject to hydrolysis) is 1. The summed E-state index contributed by atoms with van der Waals surface area (Å²) in [5, 5.41) is 36.8. The zero-order chi connectivity index (χ0) is 27.3. The molecule has 210 valence electrons. The molecule has 0 bridgehead atoms. The second-order valence-electron chi connectivity index (χ2n) is 7.76. The summed E-state index contributed by atoms with van der Waals surface area (Å²) >= 11 is 0. The summed E-state index contributed by atoms with van der Waals surface area (Å²) in [4.78, 5) is 44.4. The maximum absolute atomic E-state index is 12.0. The molecule has 17 heteroatoms. The molecule has 1 heterocycles. The molecule has 1 unspecified atom stereocenters. The lowest BCUT2D eigenvalue weighted by molar-refractivity contribution is -0.268. The third-order valence-corrected chi connectivity index (χ3v) is 5.97. The van der Waals surface area contributed by atoms with Crippen molar-refractivity contribution in [2.24, 2.45) is 0 Å². The van der Waals surface area contributed by atoms with E-state index in [1.54, 1.807) is 6.92 Å². The fourth-order valence-electron chi connectivity index (χ4n) is 3.00. The van der Waals surface area contributed by atoms with Crippen molar-refractivity contribution in [3.05, 3.63) is 0 Å². The van der Waals surface area contributed by atoms with Gasteiger partial charge in [0.1, 0.15) is 43.7 Å². The number of ether oxygens (including phenoxy) is 3. The number of aliphatic hydroxyl groups is 3. The molecule has 0 saturated carbocycles. The Kier molecular flexibility index (Phi) is 14.3. The summed E-state index contributed by atoms with van der Waals surface area (Å²) in [6.07, 6.45) is -6.42. The zero-order valence-corrected chi connectivity index (χ0v) is 21.2. The van der Waals surface area contributed by atoms with Gasteiger partial charge < -0.3 is 50.4 Å². The van der Waals surface area contributed by atoms with Gasteiger partial charge in [-0.3, -0.25) is 18.6 Å². The summed E-state index contributed by atoms with van der Waals surface area (Å²) in [5.41, 5.74) is 0. The highest BCUT2D eigenvalue weighted by molar-refractivity contribution is 7.47. The molecular formula is C19H36N3O13P. The van der Waals surface area contributed by atoms with Crippen LogP contribution in [0.1, 0.15) is 26.7 Å². The van der Waals surface area contributed by atoms with Crippen LogP contribution in [0.15, 0.2) is 0 Å². The minimum atomic E-state index is -4.20. The van der Waals surface area contributed by atoms with Crippen molar-refractivity contribution in [3.63, 3.8) is 0 Å². The standard InChI is InChI=1S/C19H36N3O13P/c1-4-12(35-36(29,30)31-3)9-33-19(28)21-7-5-6-20-14(25)10-32-18-15(22-11(2)24)17(27)16(26)13(8-23)34-18/h12-13,15-18,23,26-27H,4-10H2,1-3H3,(H,20,25)(H,21,28)(H,22,24)(H,29,30)/t12-,13-,15-,16+,17-,18-/m1/s1. The third kappa shape index (κ3) is 11.5. The average molecular weight is 545 g/mol. The molecule has 0 spiro atoms. The van der Waals surface area contributed by atoms with E-state index in [9.17, 15) is 39.2 Å². The maximum atomic E-state index is 12.0. The largest absolute Gasteiger partial charge is 0.472 e. The van der Waals surface area contributed by atoms with Gasteiger partial charge in [0.2, 0.25) is 11.8 Å². The normalized spacial score (nSPS) is 26.4. The van der Waals surface area contributed by atoms with E-state index in [4.69, 9.17) is 18.7 Å². The monoisotopic (exact) mass is 545 g/mol. The van der Waals surface area contributed by atoms with Gasteiger partial charge in [-0.2, -0.15) is 0 Å². The third-order valence-electron chi connectivity index (χ3n) is 4.94. The molecular weight excluding hydrogens is 509 g/mol. The van der Waals surface area contributed by atoms with Gasteiger partial charge in [-0.15, -0.1) is 0 Å². The molecule has 7 atom stereocenters. The molecule has 0 aliphatic carbocycles. The lowest BCUT2D eigenvalue weighted by Crippen LogP contribution is -2.64. The highest BCUT2D eigenvalue weighted by atomic mass is 31.2. The number of rotatable bonds is 15. The Morgan fingerprint density at radius 2 is 1.81 bits per heavy atom. The highest BCUT2D eigenvalue weighted by Gasteiger charge is 2.45. The Morgan fingerprint density at radius 3 is 2.39 bits per heavy atom. The predicted molar refractivity (Wildman–Crippen MR) is 120 cm³/mol. The number of hydrogen-bond donors (Lipinski definition) is 7. The van der Waals surface area contributed by atoms with E-state index in [-0.39, 0.29) is 19.7 Å². The lowest BCUT2D eigenvalue weighted by Gasteiger charge is -2.42. The lowest BCUT2D eigenvalue weighted by atomic mass is 9.97. The van der Waals surface area contributed by atoms with E-state index in [2.05, 4.69) is 20.5 Å². The van der Waals surface area contributed by atoms with Crippen LogP contribution in [0.25, 0.3) is 0 Å². The number of phosphoric acid groups is 1. The highest BCUT2D eigenvalue weighted by Crippen LogP contribution is 2.43. The molecule has 3 amide bonds. The topological polar surface area (TPSA) is 231 Å². The quantitative estimate of drug-likeness (QED) is 0.0850. The molecule has 0 radical (unpaired) electrons. The number of hydrogen-bond acceptors (Lipinski definition) is 12. The Bertz CT molecular complexity index is 758. The Labute approximate surface area is 208 Å². The van der Waals surface area contributed by atoms with Crippen LogP contribution in [0, 0.1) is 0 Å². The van der Waals surface area contributed by atoms with Gasteiger partial charge in [0.25, 0.3) is 0 Å². The van der Waals surface area contributed by atoms with Gasteiger partial charge in [0.05, 0.1) is 6.61 Å². The van der Waals surface area contributed by atoms with Crippen LogP contribution in [0.4, 0.5) is 4.79 Å². The smallest absolute Gasteiger partial charge is 0.447 e. The van der Waals surface area contributed by atoms with Crippen LogP contribution in [-0.2, 0) is 37.4 Å².